The fourth-order valence-electron chi connectivity index (χ4n) is 2.42. The van der Waals surface area contributed by atoms with E-state index in [2.05, 4.69) is 4.74 Å². The van der Waals surface area contributed by atoms with Gasteiger partial charge in [0.1, 0.15) is 10.6 Å². The molecule has 0 aromatic heterocycles. The highest BCUT2D eigenvalue weighted by atomic mass is 35.5. The number of nitrogens with zero attached hydrogens (tertiary/aromatic N) is 1. The summed E-state index contributed by atoms with van der Waals surface area (Å²) in [7, 11) is -4.05. The van der Waals surface area contributed by atoms with Gasteiger partial charge in [-0.3, -0.25) is 4.79 Å². The largest absolute Gasteiger partial charge is 0.434 e. The van der Waals surface area contributed by atoms with Gasteiger partial charge < -0.3 is 4.74 Å². The minimum atomic E-state index is -4.05. The number of hydrogen-bond acceptors (Lipinski definition) is 4. The number of rotatable bonds is 4. The third-order valence-electron chi connectivity index (χ3n) is 3.46. The van der Waals surface area contributed by atoms with E-state index in [4.69, 9.17) is 11.6 Å². The Balaban J connectivity index is 2.01. The van der Waals surface area contributed by atoms with E-state index in [0.29, 0.717) is 4.31 Å². The van der Waals surface area contributed by atoms with Crippen molar-refractivity contribution in [1.29, 1.82) is 0 Å². The van der Waals surface area contributed by atoms with E-state index in [0.717, 1.165) is 0 Å². The second-order valence-corrected chi connectivity index (χ2v) is 7.21. The zero-order valence-corrected chi connectivity index (χ0v) is 13.5. The molecule has 9 heteroatoms. The summed E-state index contributed by atoms with van der Waals surface area (Å²) in [4.78, 5) is 12.2. The number of alkyl halides is 2. The molecule has 24 heavy (non-hydrogen) atoms. The third-order valence-corrected chi connectivity index (χ3v) is 5.49. The molecule has 1 heterocycles. The predicted molar refractivity (Wildman–Crippen MR) is 81.6 cm³/mol. The lowest BCUT2D eigenvalue weighted by atomic mass is 10.1. The zero-order valence-electron chi connectivity index (χ0n) is 11.9. The molecule has 126 valence electrons. The molecule has 0 atom stereocenters. The van der Waals surface area contributed by atoms with Crippen molar-refractivity contribution in [1.82, 2.24) is 4.31 Å². The Morgan fingerprint density at radius 2 is 1.88 bits per heavy atom. The smallest absolute Gasteiger partial charge is 0.387 e. The van der Waals surface area contributed by atoms with Crippen LogP contribution in [0.25, 0.3) is 0 Å². The zero-order chi connectivity index (χ0) is 17.5. The van der Waals surface area contributed by atoms with Crippen LogP contribution in [0.5, 0.6) is 5.75 Å². The van der Waals surface area contributed by atoms with Gasteiger partial charge in [0.25, 0.3) is 15.9 Å². The van der Waals surface area contributed by atoms with Gasteiger partial charge in [0.05, 0.1) is 12.1 Å². The molecule has 0 fully saturated rings. The van der Waals surface area contributed by atoms with E-state index >= 15 is 0 Å². The Morgan fingerprint density at radius 3 is 2.54 bits per heavy atom. The number of amides is 1. The second kappa shape index (κ2) is 6.03. The van der Waals surface area contributed by atoms with E-state index in [1.54, 1.807) is 6.07 Å². The SMILES string of the molecule is O=C1c2ccccc2S(=O)(=O)N1Cc1cc(Cl)ccc1OC(F)F. The van der Waals surface area contributed by atoms with Gasteiger partial charge in [-0.15, -0.1) is 0 Å². The Hall–Kier alpha value is -2.19. The van der Waals surface area contributed by atoms with Crippen LogP contribution in [0.2, 0.25) is 5.02 Å². The van der Waals surface area contributed by atoms with Crippen LogP contribution < -0.4 is 4.74 Å². The van der Waals surface area contributed by atoms with Crippen molar-refractivity contribution in [2.45, 2.75) is 18.1 Å². The first kappa shape index (κ1) is 16.7. The van der Waals surface area contributed by atoms with E-state index in [1.165, 1.54) is 36.4 Å². The quantitative estimate of drug-likeness (QED) is 0.825. The molecular weight excluding hydrogens is 364 g/mol. The van der Waals surface area contributed by atoms with Crippen LogP contribution in [0.1, 0.15) is 15.9 Å². The molecule has 2 aromatic carbocycles. The van der Waals surface area contributed by atoms with Crippen LogP contribution in [-0.2, 0) is 16.6 Å². The molecule has 0 N–H and O–H groups in total. The maximum absolute atomic E-state index is 12.5. The summed E-state index contributed by atoms with van der Waals surface area (Å²) in [5.74, 6) is -0.970. The van der Waals surface area contributed by atoms with Gasteiger partial charge in [-0.25, -0.2) is 12.7 Å². The molecule has 0 bridgehead atoms. The summed E-state index contributed by atoms with van der Waals surface area (Å²) < 4.78 is 55.0. The van der Waals surface area contributed by atoms with Crippen LogP contribution in [0.4, 0.5) is 8.78 Å². The summed E-state index contributed by atoms with van der Waals surface area (Å²) in [6.45, 7) is -3.55. The topological polar surface area (TPSA) is 63.7 Å². The number of halogens is 3. The normalized spacial score (nSPS) is 15.7. The molecule has 0 aliphatic carbocycles. The highest BCUT2D eigenvalue weighted by Gasteiger charge is 2.41. The summed E-state index contributed by atoms with van der Waals surface area (Å²) in [6, 6.07) is 9.56. The van der Waals surface area contributed by atoms with Gasteiger partial charge in [-0.1, -0.05) is 23.7 Å². The molecule has 1 aliphatic heterocycles. The van der Waals surface area contributed by atoms with Crippen LogP contribution in [0, 0.1) is 0 Å². The fourth-order valence-corrected chi connectivity index (χ4v) is 4.17. The molecule has 2 aromatic rings. The minimum absolute atomic E-state index is 0.0378. The summed E-state index contributed by atoms with van der Waals surface area (Å²) in [5.41, 5.74) is 0.100. The average Bonchev–Trinajstić information content (AvgIpc) is 2.71. The van der Waals surface area contributed by atoms with Crippen molar-refractivity contribution in [3.05, 3.63) is 58.6 Å². The molecule has 1 amide bonds. The molecule has 0 spiro atoms. The van der Waals surface area contributed by atoms with Gasteiger partial charge in [-0.05, 0) is 30.3 Å². The standard InChI is InChI=1S/C15H10ClF2NO4S/c16-10-5-6-12(23-15(17)18)9(7-10)8-19-14(20)11-3-1-2-4-13(11)24(19,21)22/h1-7,15H,8H2. The van der Waals surface area contributed by atoms with Crippen molar-refractivity contribution < 1.29 is 26.7 Å². The first-order chi connectivity index (χ1) is 11.3. The lowest BCUT2D eigenvalue weighted by molar-refractivity contribution is -0.0505. The maximum atomic E-state index is 12.5. The Kier molecular flexibility index (Phi) is 4.18. The lowest BCUT2D eigenvalue weighted by Gasteiger charge is -2.18. The lowest BCUT2D eigenvalue weighted by Crippen LogP contribution is -2.29. The van der Waals surface area contributed by atoms with E-state index < -0.39 is 29.1 Å². The predicted octanol–water partition coefficient (Wildman–Crippen LogP) is 3.29. The number of hydrogen-bond donors (Lipinski definition) is 0. The average molecular weight is 374 g/mol. The van der Waals surface area contributed by atoms with Gasteiger partial charge in [0, 0.05) is 10.6 Å². The highest BCUT2D eigenvalue weighted by molar-refractivity contribution is 7.90. The van der Waals surface area contributed by atoms with Crippen molar-refractivity contribution >= 4 is 27.5 Å². The number of benzene rings is 2. The first-order valence-corrected chi connectivity index (χ1v) is 8.52. The van der Waals surface area contributed by atoms with Gasteiger partial charge in [0.15, 0.2) is 0 Å². The maximum Gasteiger partial charge on any atom is 0.387 e. The van der Waals surface area contributed by atoms with E-state index in [-0.39, 0.29) is 26.8 Å². The van der Waals surface area contributed by atoms with E-state index in [1.807, 2.05) is 0 Å². The summed E-state index contributed by atoms with van der Waals surface area (Å²) >= 11 is 5.84. The van der Waals surface area contributed by atoms with Crippen LogP contribution in [0.15, 0.2) is 47.4 Å². The van der Waals surface area contributed by atoms with Gasteiger partial charge in [-0.2, -0.15) is 8.78 Å². The molecule has 3 rings (SSSR count). The number of fused-ring (bicyclic) bond motifs is 1. The molecule has 1 aliphatic rings. The van der Waals surface area contributed by atoms with Crippen molar-refractivity contribution in [2.75, 3.05) is 0 Å². The Morgan fingerprint density at radius 1 is 1.17 bits per heavy atom. The van der Waals surface area contributed by atoms with E-state index in [9.17, 15) is 22.0 Å². The molecule has 5 nitrogen and oxygen atoms in total. The van der Waals surface area contributed by atoms with Crippen molar-refractivity contribution in [2.24, 2.45) is 0 Å². The third kappa shape index (κ3) is 2.83. The van der Waals surface area contributed by atoms with Gasteiger partial charge in [0.2, 0.25) is 0 Å². The Labute approximate surface area is 141 Å². The Bertz CT molecular complexity index is 917. The number of carbonyl (C=O) groups is 1. The van der Waals surface area contributed by atoms with Crippen LogP contribution >= 0.6 is 11.6 Å². The number of ether oxygens (including phenoxy) is 1. The van der Waals surface area contributed by atoms with Gasteiger partial charge >= 0.3 is 6.61 Å². The molecular formula is C15H10ClF2NO4S. The molecule has 0 radical (unpaired) electrons. The van der Waals surface area contributed by atoms with Crippen molar-refractivity contribution in [3.63, 3.8) is 0 Å². The number of carbonyl (C=O) groups excluding carboxylic acids is 1. The monoisotopic (exact) mass is 373 g/mol. The second-order valence-electron chi connectivity index (χ2n) is 4.94. The highest BCUT2D eigenvalue weighted by Crippen LogP contribution is 2.34. The molecule has 0 unspecified atom stereocenters. The summed E-state index contributed by atoms with van der Waals surface area (Å²) in [5, 5.41) is 0.202. The first-order valence-electron chi connectivity index (χ1n) is 6.70. The molecule has 0 saturated carbocycles. The van der Waals surface area contributed by atoms with Crippen LogP contribution in [-0.4, -0.2) is 25.2 Å². The molecule has 0 saturated heterocycles. The number of sulfonamides is 1. The van der Waals surface area contributed by atoms with Crippen LogP contribution in [0.3, 0.4) is 0 Å². The summed E-state index contributed by atoms with van der Waals surface area (Å²) in [6.07, 6.45) is 0. The van der Waals surface area contributed by atoms with Crippen molar-refractivity contribution in [3.8, 4) is 5.75 Å². The minimum Gasteiger partial charge on any atom is -0.434 e. The fraction of sp³-hybridized carbons (Fsp3) is 0.133.